The summed E-state index contributed by atoms with van der Waals surface area (Å²) in [7, 11) is 10.1. The first-order valence-electron chi connectivity index (χ1n) is 19.0. The number of amides is 4. The minimum Gasteiger partial charge on any atom is -0.379 e. The molecule has 304 valence electrons. The molecule has 1 heterocycles. The second-order valence-corrected chi connectivity index (χ2v) is 14.5. The van der Waals surface area contributed by atoms with Gasteiger partial charge in [-0.25, -0.2) is 8.78 Å². The minimum atomic E-state index is -0.686. The van der Waals surface area contributed by atoms with E-state index in [9.17, 15) is 28.0 Å². The topological polar surface area (TPSA) is 133 Å². The molecule has 1 aliphatic heterocycles. The first-order chi connectivity index (χ1) is 25.0. The Balaban J connectivity index is 0.00000452. The molecule has 12 nitrogen and oxygen atoms in total. The predicted octanol–water partition coefficient (Wildman–Crippen LogP) is 3.61. The molecule has 0 spiro atoms. The van der Waals surface area contributed by atoms with E-state index in [0.717, 1.165) is 6.42 Å². The number of likely N-dealkylation sites (N-methyl/N-ethyl adjacent to an activating group) is 3. The Labute approximate surface area is 317 Å². The normalized spacial score (nSPS) is 18.5. The van der Waals surface area contributed by atoms with Crippen molar-refractivity contribution in [1.82, 2.24) is 30.7 Å². The van der Waals surface area contributed by atoms with Gasteiger partial charge in [0.05, 0.1) is 49.2 Å². The molecule has 1 aromatic carbocycles. The number of hydrogen-bond acceptors (Lipinski definition) is 8. The van der Waals surface area contributed by atoms with Crippen molar-refractivity contribution in [2.45, 2.75) is 116 Å². The maximum atomic E-state index is 14.1. The first-order valence-corrected chi connectivity index (χ1v) is 19.0. The third-order valence-electron chi connectivity index (χ3n) is 9.82. The van der Waals surface area contributed by atoms with Gasteiger partial charge in [-0.15, -0.1) is 0 Å². The molecule has 1 saturated heterocycles. The van der Waals surface area contributed by atoms with Gasteiger partial charge in [0.15, 0.2) is 0 Å². The molecule has 0 bridgehead atoms. The Morgan fingerprint density at radius 1 is 0.962 bits per heavy atom. The van der Waals surface area contributed by atoms with Crippen LogP contribution in [0.3, 0.4) is 0 Å². The zero-order chi connectivity index (χ0) is 40.4. The molecule has 0 radical (unpaired) electrons. The van der Waals surface area contributed by atoms with Crippen LogP contribution in [-0.2, 0) is 35.1 Å². The van der Waals surface area contributed by atoms with Gasteiger partial charge < -0.3 is 35.2 Å². The van der Waals surface area contributed by atoms with E-state index in [2.05, 4.69) is 29.8 Å². The maximum absolute atomic E-state index is 14.1. The van der Waals surface area contributed by atoms with Gasteiger partial charge in [0.25, 0.3) is 0 Å². The molecule has 14 heteroatoms. The van der Waals surface area contributed by atoms with Gasteiger partial charge in [-0.05, 0) is 58.5 Å². The summed E-state index contributed by atoms with van der Waals surface area (Å²) in [4.78, 5) is 58.5. The van der Waals surface area contributed by atoms with Crippen molar-refractivity contribution in [3.8, 4) is 0 Å². The summed E-state index contributed by atoms with van der Waals surface area (Å²) in [6.45, 7) is 12.1. The third kappa shape index (κ3) is 14.2. The molecule has 3 N–H and O–H groups in total. The number of rotatable bonds is 20. The number of carbonyl (C=O) groups excluding carboxylic acids is 4. The number of halogens is 2. The average Bonchev–Trinajstić information content (AvgIpc) is 3.54. The SMILES string of the molecule is CCC.CCC[C@@H](C(CC(=O)N1CC(NC)CC1C(OC)C(C)C(=O)NCCc1c(F)cccc1F)OC)N(C)C(=O)CNC(=O)C(C(C)C)N(C)C. The zero-order valence-corrected chi connectivity index (χ0v) is 34.3. The quantitative estimate of drug-likeness (QED) is 0.184. The molecule has 2 rings (SSSR count). The van der Waals surface area contributed by atoms with Gasteiger partial charge in [-0.2, -0.15) is 0 Å². The van der Waals surface area contributed by atoms with Gasteiger partial charge in [-0.1, -0.05) is 60.5 Å². The number of hydrogen-bond donors (Lipinski definition) is 3. The van der Waals surface area contributed by atoms with Crippen molar-refractivity contribution < 1.29 is 37.4 Å². The first kappa shape index (κ1) is 47.8. The Morgan fingerprint density at radius 3 is 2.06 bits per heavy atom. The van der Waals surface area contributed by atoms with Crippen molar-refractivity contribution in [3.63, 3.8) is 0 Å². The Bertz CT molecular complexity index is 1260. The second-order valence-electron chi connectivity index (χ2n) is 14.5. The number of ether oxygens (including phenoxy) is 2. The lowest BCUT2D eigenvalue weighted by Crippen LogP contribution is -2.53. The van der Waals surface area contributed by atoms with Gasteiger partial charge in [0.1, 0.15) is 11.6 Å². The fourth-order valence-electron chi connectivity index (χ4n) is 7.06. The smallest absolute Gasteiger partial charge is 0.242 e. The highest BCUT2D eigenvalue weighted by Crippen LogP contribution is 2.29. The van der Waals surface area contributed by atoms with Crippen LogP contribution in [0.4, 0.5) is 8.78 Å². The van der Waals surface area contributed by atoms with E-state index >= 15 is 0 Å². The summed E-state index contributed by atoms with van der Waals surface area (Å²) in [6, 6.07) is 2.34. The maximum Gasteiger partial charge on any atom is 0.242 e. The molecule has 4 amide bonds. The number of nitrogens with zero attached hydrogens (tertiary/aromatic N) is 3. The van der Waals surface area contributed by atoms with E-state index in [1.165, 1.54) is 38.8 Å². The fraction of sp³-hybridized carbons (Fsp3) is 0.744. The predicted molar refractivity (Wildman–Crippen MR) is 204 cm³/mol. The lowest BCUT2D eigenvalue weighted by molar-refractivity contribution is -0.144. The third-order valence-corrected chi connectivity index (χ3v) is 9.82. The van der Waals surface area contributed by atoms with E-state index < -0.39 is 41.8 Å². The summed E-state index contributed by atoms with van der Waals surface area (Å²) in [5, 5.41) is 8.77. The van der Waals surface area contributed by atoms with Crippen LogP contribution in [0.15, 0.2) is 18.2 Å². The number of benzene rings is 1. The molecule has 53 heavy (non-hydrogen) atoms. The monoisotopic (exact) mass is 755 g/mol. The van der Waals surface area contributed by atoms with Crippen LogP contribution < -0.4 is 16.0 Å². The van der Waals surface area contributed by atoms with Crippen molar-refractivity contribution in [2.24, 2.45) is 11.8 Å². The van der Waals surface area contributed by atoms with Crippen LogP contribution in [0.1, 0.15) is 79.2 Å². The highest BCUT2D eigenvalue weighted by Gasteiger charge is 2.44. The number of carbonyl (C=O) groups is 4. The van der Waals surface area contributed by atoms with Crippen LogP contribution in [0, 0.1) is 23.5 Å². The van der Waals surface area contributed by atoms with Crippen molar-refractivity contribution in [3.05, 3.63) is 35.4 Å². The number of methoxy groups -OCH3 is 2. The lowest BCUT2D eigenvalue weighted by atomic mass is 9.93. The largest absolute Gasteiger partial charge is 0.379 e. The summed E-state index contributed by atoms with van der Waals surface area (Å²) < 4.78 is 39.9. The van der Waals surface area contributed by atoms with Crippen molar-refractivity contribution in [2.75, 3.05) is 62.0 Å². The molecular weight excluding hydrogens is 686 g/mol. The highest BCUT2D eigenvalue weighted by atomic mass is 19.1. The zero-order valence-electron chi connectivity index (χ0n) is 34.3. The van der Waals surface area contributed by atoms with E-state index in [1.54, 1.807) is 23.8 Å². The van der Waals surface area contributed by atoms with E-state index in [4.69, 9.17) is 9.47 Å². The van der Waals surface area contributed by atoms with E-state index in [-0.39, 0.29) is 73.1 Å². The molecule has 7 atom stereocenters. The standard InChI is InChI=1S/C36H60F2N6O6.C3H8/c1-11-13-28(43(8)32(46)20-41-36(48)33(22(2)3)42(6)7)30(49-9)19-31(45)44-21-24(39-5)18-29(44)34(50-10)23(4)35(47)40-17-16-25-26(37)14-12-15-27(25)38;1-3-2/h12,14-15,22-24,28-30,33-34,39H,11,13,16-21H2,1-10H3,(H,40,47)(H,41,48);3H2,1-2H3/t23?,24?,28-,29?,30?,33?,34?;/m0./s1. The molecule has 1 aromatic rings. The number of nitrogens with one attached hydrogen (secondary N) is 3. The van der Waals surface area contributed by atoms with Crippen molar-refractivity contribution in [1.29, 1.82) is 0 Å². The second kappa shape index (κ2) is 24.3. The molecular formula is C39H68F2N6O6. The van der Waals surface area contributed by atoms with E-state index in [0.29, 0.717) is 19.4 Å². The molecule has 0 aromatic heterocycles. The highest BCUT2D eigenvalue weighted by molar-refractivity contribution is 5.87. The van der Waals surface area contributed by atoms with Crippen LogP contribution in [0.25, 0.3) is 0 Å². The Hall–Kier alpha value is -3.20. The molecule has 0 aliphatic carbocycles. The van der Waals surface area contributed by atoms with Crippen LogP contribution in [-0.4, -0.2) is 137 Å². The van der Waals surface area contributed by atoms with Crippen LogP contribution in [0.5, 0.6) is 0 Å². The van der Waals surface area contributed by atoms with Gasteiger partial charge in [0.2, 0.25) is 23.6 Å². The molecule has 1 aliphatic rings. The van der Waals surface area contributed by atoms with Crippen LogP contribution >= 0.6 is 0 Å². The summed E-state index contributed by atoms with van der Waals surface area (Å²) in [5.74, 6) is -3.05. The van der Waals surface area contributed by atoms with Crippen LogP contribution in [0.2, 0.25) is 0 Å². The summed E-state index contributed by atoms with van der Waals surface area (Å²) in [5.41, 5.74) is -0.0940. The molecule has 1 fully saturated rings. The van der Waals surface area contributed by atoms with E-state index in [1.807, 2.05) is 46.8 Å². The van der Waals surface area contributed by atoms with Gasteiger partial charge in [-0.3, -0.25) is 24.1 Å². The Morgan fingerprint density at radius 2 is 1.57 bits per heavy atom. The van der Waals surface area contributed by atoms with Gasteiger partial charge in [0, 0.05) is 46.0 Å². The van der Waals surface area contributed by atoms with Gasteiger partial charge >= 0.3 is 0 Å². The molecule has 6 unspecified atom stereocenters. The summed E-state index contributed by atoms with van der Waals surface area (Å²) >= 11 is 0. The number of likely N-dealkylation sites (tertiary alicyclic amines) is 1. The fourth-order valence-corrected chi connectivity index (χ4v) is 7.06. The Kier molecular flexibility index (Phi) is 21.9. The summed E-state index contributed by atoms with van der Waals surface area (Å²) in [6.07, 6.45) is 1.77. The minimum absolute atomic E-state index is 0.0142. The van der Waals surface area contributed by atoms with Crippen molar-refractivity contribution >= 4 is 23.6 Å². The average molecular weight is 755 g/mol. The molecule has 0 saturated carbocycles. The lowest BCUT2D eigenvalue weighted by Gasteiger charge is -2.37.